The lowest BCUT2D eigenvalue weighted by Crippen LogP contribution is -2.31. The van der Waals surface area contributed by atoms with Crippen molar-refractivity contribution in [1.82, 2.24) is 15.0 Å². The summed E-state index contributed by atoms with van der Waals surface area (Å²) in [6, 6.07) is 3.74. The summed E-state index contributed by atoms with van der Waals surface area (Å²) in [4.78, 5) is 4.14. The summed E-state index contributed by atoms with van der Waals surface area (Å²) in [6.45, 7) is 5.34. The smallest absolute Gasteiger partial charge is 0.213 e. The molecule has 1 aromatic heterocycles. The molecular weight excluding hydrogens is 238 g/mol. The van der Waals surface area contributed by atoms with Crippen LogP contribution in [0, 0.1) is 6.92 Å². The van der Waals surface area contributed by atoms with Gasteiger partial charge in [-0.1, -0.05) is 13.0 Å². The molecule has 0 aromatic carbocycles. The van der Waals surface area contributed by atoms with Crippen LogP contribution in [-0.2, 0) is 16.6 Å². The van der Waals surface area contributed by atoms with Crippen molar-refractivity contribution in [2.45, 2.75) is 20.4 Å². The number of nitrogens with zero attached hydrogens (tertiary/aromatic N) is 1. The van der Waals surface area contributed by atoms with Crippen LogP contribution >= 0.6 is 0 Å². The molecule has 0 aliphatic rings. The number of sulfonamides is 1. The van der Waals surface area contributed by atoms with Gasteiger partial charge in [0.2, 0.25) is 10.0 Å². The highest BCUT2D eigenvalue weighted by atomic mass is 32.2. The maximum atomic E-state index is 11.6. The molecule has 1 rings (SSSR count). The van der Waals surface area contributed by atoms with Crippen LogP contribution in [0.2, 0.25) is 0 Å². The third-order valence-electron chi connectivity index (χ3n) is 2.37. The summed E-state index contributed by atoms with van der Waals surface area (Å²) in [5.74, 6) is 0.0900. The predicted octanol–water partition coefficient (Wildman–Crippen LogP) is 0.419. The van der Waals surface area contributed by atoms with Crippen LogP contribution in [0.5, 0.6) is 0 Å². The van der Waals surface area contributed by atoms with E-state index < -0.39 is 10.0 Å². The van der Waals surface area contributed by atoms with Crippen LogP contribution in [-0.4, -0.2) is 32.2 Å². The molecular formula is C11H19N3O2S. The molecule has 0 spiro atoms. The molecule has 96 valence electrons. The fraction of sp³-hybridized carbons (Fsp3) is 0.545. The van der Waals surface area contributed by atoms with Crippen molar-refractivity contribution in [2.75, 3.05) is 18.8 Å². The SMILES string of the molecule is CCNCCS(=O)(=O)NCc1ncccc1C. The lowest BCUT2D eigenvalue weighted by atomic mass is 10.2. The maximum absolute atomic E-state index is 11.6. The highest BCUT2D eigenvalue weighted by Crippen LogP contribution is 2.02. The minimum absolute atomic E-state index is 0.0900. The van der Waals surface area contributed by atoms with Gasteiger partial charge in [-0.2, -0.15) is 0 Å². The van der Waals surface area contributed by atoms with E-state index in [2.05, 4.69) is 15.0 Å². The van der Waals surface area contributed by atoms with Crippen LogP contribution in [0.4, 0.5) is 0 Å². The average Bonchev–Trinajstić information content (AvgIpc) is 2.28. The van der Waals surface area contributed by atoms with Gasteiger partial charge in [-0.15, -0.1) is 0 Å². The number of hydrogen-bond donors (Lipinski definition) is 2. The van der Waals surface area contributed by atoms with E-state index in [1.807, 2.05) is 26.0 Å². The quantitative estimate of drug-likeness (QED) is 0.694. The highest BCUT2D eigenvalue weighted by Gasteiger charge is 2.10. The van der Waals surface area contributed by atoms with Gasteiger partial charge in [0, 0.05) is 12.7 Å². The van der Waals surface area contributed by atoms with Gasteiger partial charge < -0.3 is 5.32 Å². The molecule has 0 saturated heterocycles. The Morgan fingerprint density at radius 1 is 1.41 bits per heavy atom. The number of aryl methyl sites for hydroxylation is 1. The zero-order valence-corrected chi connectivity index (χ0v) is 11.0. The summed E-state index contributed by atoms with van der Waals surface area (Å²) >= 11 is 0. The van der Waals surface area contributed by atoms with Gasteiger partial charge in [0.05, 0.1) is 18.0 Å². The van der Waals surface area contributed by atoms with Crippen LogP contribution in [0.3, 0.4) is 0 Å². The molecule has 0 saturated carbocycles. The Morgan fingerprint density at radius 3 is 2.82 bits per heavy atom. The van der Waals surface area contributed by atoms with E-state index in [0.29, 0.717) is 6.54 Å². The summed E-state index contributed by atoms with van der Waals surface area (Å²) < 4.78 is 25.8. The first kappa shape index (κ1) is 14.1. The first-order chi connectivity index (χ1) is 8.05. The minimum Gasteiger partial charge on any atom is -0.316 e. The monoisotopic (exact) mass is 257 g/mol. The Balaban J connectivity index is 2.47. The van der Waals surface area contributed by atoms with Crippen molar-refractivity contribution < 1.29 is 8.42 Å². The number of hydrogen-bond acceptors (Lipinski definition) is 4. The largest absolute Gasteiger partial charge is 0.316 e. The maximum Gasteiger partial charge on any atom is 0.213 e. The van der Waals surface area contributed by atoms with Crippen molar-refractivity contribution in [3.05, 3.63) is 29.6 Å². The van der Waals surface area contributed by atoms with Crippen molar-refractivity contribution in [3.8, 4) is 0 Å². The van der Waals surface area contributed by atoms with Crippen LogP contribution in [0.15, 0.2) is 18.3 Å². The van der Waals surface area contributed by atoms with Gasteiger partial charge in [-0.25, -0.2) is 13.1 Å². The fourth-order valence-corrected chi connectivity index (χ4v) is 2.25. The zero-order valence-electron chi connectivity index (χ0n) is 10.2. The average molecular weight is 257 g/mol. The first-order valence-electron chi connectivity index (χ1n) is 5.63. The molecule has 0 fully saturated rings. The molecule has 0 amide bonds. The molecule has 1 heterocycles. The van der Waals surface area contributed by atoms with E-state index in [0.717, 1.165) is 17.8 Å². The fourth-order valence-electron chi connectivity index (χ4n) is 1.34. The van der Waals surface area contributed by atoms with E-state index in [4.69, 9.17) is 0 Å². The molecule has 0 unspecified atom stereocenters. The van der Waals surface area contributed by atoms with Gasteiger partial charge in [0.1, 0.15) is 0 Å². The second-order valence-electron chi connectivity index (χ2n) is 3.76. The van der Waals surface area contributed by atoms with E-state index in [1.165, 1.54) is 0 Å². The van der Waals surface area contributed by atoms with Crippen LogP contribution in [0.25, 0.3) is 0 Å². The second-order valence-corrected chi connectivity index (χ2v) is 5.69. The highest BCUT2D eigenvalue weighted by molar-refractivity contribution is 7.89. The third kappa shape index (κ3) is 5.25. The second kappa shape index (κ2) is 6.68. The molecule has 2 N–H and O–H groups in total. The van der Waals surface area contributed by atoms with E-state index >= 15 is 0 Å². The molecule has 0 aliphatic carbocycles. The molecule has 0 atom stereocenters. The number of aromatic nitrogens is 1. The predicted molar refractivity (Wildman–Crippen MR) is 68.1 cm³/mol. The summed E-state index contributed by atoms with van der Waals surface area (Å²) in [7, 11) is -3.22. The summed E-state index contributed by atoms with van der Waals surface area (Å²) in [5.41, 5.74) is 1.75. The van der Waals surface area contributed by atoms with Crippen molar-refractivity contribution >= 4 is 10.0 Å². The molecule has 17 heavy (non-hydrogen) atoms. The van der Waals surface area contributed by atoms with Crippen molar-refractivity contribution in [1.29, 1.82) is 0 Å². The zero-order chi connectivity index (χ0) is 12.7. The molecule has 0 radical (unpaired) electrons. The Bertz CT molecular complexity index is 446. The normalized spacial score (nSPS) is 11.6. The van der Waals surface area contributed by atoms with Gasteiger partial charge in [0.25, 0.3) is 0 Å². The van der Waals surface area contributed by atoms with E-state index in [-0.39, 0.29) is 12.3 Å². The Hall–Kier alpha value is -0.980. The van der Waals surface area contributed by atoms with Crippen LogP contribution < -0.4 is 10.0 Å². The number of pyridine rings is 1. The Morgan fingerprint density at radius 2 is 2.18 bits per heavy atom. The van der Waals surface area contributed by atoms with E-state index in [9.17, 15) is 8.42 Å². The third-order valence-corrected chi connectivity index (χ3v) is 3.70. The molecule has 0 aliphatic heterocycles. The number of nitrogens with one attached hydrogen (secondary N) is 2. The standard InChI is InChI=1S/C11H19N3O2S/c1-3-12-7-8-17(15,16)14-9-11-10(2)5-4-6-13-11/h4-6,12,14H,3,7-9H2,1-2H3. The van der Waals surface area contributed by atoms with Crippen molar-refractivity contribution in [2.24, 2.45) is 0 Å². The summed E-state index contributed by atoms with van der Waals surface area (Å²) in [6.07, 6.45) is 1.66. The Labute approximate surface area is 103 Å². The van der Waals surface area contributed by atoms with Crippen molar-refractivity contribution in [3.63, 3.8) is 0 Å². The molecule has 6 heteroatoms. The summed E-state index contributed by atoms with van der Waals surface area (Å²) in [5, 5.41) is 2.98. The Kier molecular flexibility index (Phi) is 5.54. The lowest BCUT2D eigenvalue weighted by Gasteiger charge is -2.08. The lowest BCUT2D eigenvalue weighted by molar-refractivity contribution is 0.576. The molecule has 1 aromatic rings. The molecule has 5 nitrogen and oxygen atoms in total. The van der Waals surface area contributed by atoms with Crippen LogP contribution in [0.1, 0.15) is 18.2 Å². The van der Waals surface area contributed by atoms with Gasteiger partial charge in [-0.05, 0) is 25.1 Å². The minimum atomic E-state index is -3.22. The first-order valence-corrected chi connectivity index (χ1v) is 7.29. The molecule has 0 bridgehead atoms. The number of rotatable bonds is 7. The van der Waals surface area contributed by atoms with Gasteiger partial charge in [0.15, 0.2) is 0 Å². The topological polar surface area (TPSA) is 71.1 Å². The van der Waals surface area contributed by atoms with E-state index in [1.54, 1.807) is 6.20 Å². The van der Waals surface area contributed by atoms with Gasteiger partial charge >= 0.3 is 0 Å². The van der Waals surface area contributed by atoms with Gasteiger partial charge in [-0.3, -0.25) is 4.98 Å².